The molecule has 0 atom stereocenters. The van der Waals surface area contributed by atoms with Gasteiger partial charge in [-0.05, 0) is 17.7 Å². The average Bonchev–Trinajstić information content (AvgIpc) is 2.73. The van der Waals surface area contributed by atoms with Gasteiger partial charge in [0.1, 0.15) is 5.82 Å². The second-order valence-electron chi connectivity index (χ2n) is 3.22. The van der Waals surface area contributed by atoms with Crippen LogP contribution in [-0.2, 0) is 5.75 Å². The summed E-state index contributed by atoms with van der Waals surface area (Å²) >= 11 is 2.85. The van der Waals surface area contributed by atoms with Crippen LogP contribution in [0, 0.1) is 17.1 Å². The molecule has 0 amide bonds. The molecule has 0 aliphatic heterocycles. The lowest BCUT2D eigenvalue weighted by Gasteiger charge is -2.01. The molecule has 1 aromatic heterocycles. The topological polar surface area (TPSA) is 62.7 Å². The molecule has 2 aromatic rings. The predicted octanol–water partition coefficient (Wildman–Crippen LogP) is 3.03. The summed E-state index contributed by atoms with van der Waals surface area (Å²) in [6.45, 7) is 0. The summed E-state index contributed by atoms with van der Waals surface area (Å²) < 4.78 is 14.5. The van der Waals surface area contributed by atoms with Gasteiger partial charge >= 0.3 is 0 Å². The number of anilines is 1. The first-order valence-corrected chi connectivity index (χ1v) is 6.52. The van der Waals surface area contributed by atoms with Gasteiger partial charge in [0.15, 0.2) is 5.13 Å². The van der Waals surface area contributed by atoms with Crippen molar-refractivity contribution in [3.8, 4) is 6.07 Å². The minimum atomic E-state index is -0.353. The van der Waals surface area contributed by atoms with E-state index in [9.17, 15) is 4.39 Å². The zero-order valence-electron chi connectivity index (χ0n) is 8.68. The van der Waals surface area contributed by atoms with Crippen molar-refractivity contribution in [3.05, 3.63) is 41.3 Å². The van der Waals surface area contributed by atoms with Crippen molar-refractivity contribution in [2.45, 2.75) is 9.96 Å². The molecule has 0 radical (unpaired) electrons. The molecule has 2 rings (SSSR count). The molecule has 0 spiro atoms. The lowest BCUT2D eigenvalue weighted by atomic mass is 10.1. The number of aromatic nitrogens is 1. The zero-order valence-corrected chi connectivity index (χ0v) is 10.3. The first-order valence-electron chi connectivity index (χ1n) is 4.71. The van der Waals surface area contributed by atoms with E-state index in [0.717, 1.165) is 4.21 Å². The molecule has 0 bridgehead atoms. The summed E-state index contributed by atoms with van der Waals surface area (Å²) in [6.07, 6.45) is 1.67. The summed E-state index contributed by atoms with van der Waals surface area (Å²) in [5.41, 5.74) is 6.40. The normalized spacial score (nSPS) is 10.1. The van der Waals surface area contributed by atoms with Gasteiger partial charge in [0.2, 0.25) is 0 Å². The fraction of sp³-hybridized carbons (Fsp3) is 0.0909. The fourth-order valence-electron chi connectivity index (χ4n) is 1.22. The van der Waals surface area contributed by atoms with Crippen molar-refractivity contribution in [2.75, 3.05) is 5.73 Å². The second kappa shape index (κ2) is 5.17. The smallest absolute Gasteiger partial charge is 0.181 e. The maximum absolute atomic E-state index is 13.5. The van der Waals surface area contributed by atoms with Crippen LogP contribution in [0.15, 0.2) is 28.6 Å². The van der Waals surface area contributed by atoms with Gasteiger partial charge < -0.3 is 5.73 Å². The molecule has 1 heterocycles. The maximum atomic E-state index is 13.5. The number of benzene rings is 1. The van der Waals surface area contributed by atoms with Crippen molar-refractivity contribution >= 4 is 28.2 Å². The van der Waals surface area contributed by atoms with Crippen molar-refractivity contribution in [3.63, 3.8) is 0 Å². The van der Waals surface area contributed by atoms with Crippen molar-refractivity contribution in [1.29, 1.82) is 5.26 Å². The number of nitrogens with zero attached hydrogens (tertiary/aromatic N) is 2. The molecule has 0 saturated carbocycles. The molecule has 0 aliphatic rings. The lowest BCUT2D eigenvalue weighted by molar-refractivity contribution is 0.617. The van der Waals surface area contributed by atoms with Gasteiger partial charge in [0.05, 0.1) is 22.0 Å². The van der Waals surface area contributed by atoms with Gasteiger partial charge in [-0.15, -0.1) is 11.8 Å². The third-order valence-corrected chi connectivity index (χ3v) is 4.12. The molecule has 2 N–H and O–H groups in total. The van der Waals surface area contributed by atoms with E-state index in [4.69, 9.17) is 11.0 Å². The van der Waals surface area contributed by atoms with Crippen LogP contribution in [0.25, 0.3) is 0 Å². The third-order valence-electron chi connectivity index (χ3n) is 2.05. The Morgan fingerprint density at radius 1 is 1.53 bits per heavy atom. The van der Waals surface area contributed by atoms with Crippen LogP contribution in [0.4, 0.5) is 9.52 Å². The Morgan fingerprint density at radius 2 is 2.35 bits per heavy atom. The molecule has 0 unspecified atom stereocenters. The molecule has 17 heavy (non-hydrogen) atoms. The highest BCUT2D eigenvalue weighted by atomic mass is 32.2. The van der Waals surface area contributed by atoms with Gasteiger partial charge in [-0.2, -0.15) is 5.26 Å². The van der Waals surface area contributed by atoms with Gasteiger partial charge in [-0.3, -0.25) is 0 Å². The Bertz CT molecular complexity index is 574. The van der Waals surface area contributed by atoms with Crippen LogP contribution in [0.3, 0.4) is 0 Å². The van der Waals surface area contributed by atoms with E-state index in [0.29, 0.717) is 22.0 Å². The average molecular weight is 265 g/mol. The maximum Gasteiger partial charge on any atom is 0.181 e. The van der Waals surface area contributed by atoms with Crippen molar-refractivity contribution in [2.24, 2.45) is 0 Å². The molecule has 3 nitrogen and oxygen atoms in total. The number of nitrogen functional groups attached to an aromatic ring is 1. The highest BCUT2D eigenvalue weighted by Gasteiger charge is 2.06. The quantitative estimate of drug-likeness (QED) is 0.866. The Balaban J connectivity index is 2.07. The summed E-state index contributed by atoms with van der Waals surface area (Å²) in [5, 5.41) is 9.13. The minimum Gasteiger partial charge on any atom is -0.375 e. The number of rotatable bonds is 3. The first kappa shape index (κ1) is 11.9. The number of nitrogens with two attached hydrogens (primary N) is 1. The van der Waals surface area contributed by atoms with Crippen molar-refractivity contribution in [1.82, 2.24) is 4.98 Å². The number of halogens is 1. The van der Waals surface area contributed by atoms with E-state index in [1.807, 2.05) is 6.07 Å². The van der Waals surface area contributed by atoms with E-state index < -0.39 is 0 Å². The SMILES string of the molecule is N#Cc1ccc(CSc2cnc(N)s2)c(F)c1. The van der Waals surface area contributed by atoms with E-state index in [-0.39, 0.29) is 5.82 Å². The Morgan fingerprint density at radius 3 is 2.94 bits per heavy atom. The largest absolute Gasteiger partial charge is 0.375 e. The fourth-order valence-corrected chi connectivity index (χ4v) is 2.97. The summed E-state index contributed by atoms with van der Waals surface area (Å²) in [6, 6.07) is 6.39. The van der Waals surface area contributed by atoms with Crippen LogP contribution in [0.2, 0.25) is 0 Å². The van der Waals surface area contributed by atoms with E-state index in [1.54, 1.807) is 18.3 Å². The molecule has 0 fully saturated rings. The predicted molar refractivity (Wildman–Crippen MR) is 67.2 cm³/mol. The van der Waals surface area contributed by atoms with E-state index in [1.165, 1.54) is 29.2 Å². The van der Waals surface area contributed by atoms with Crippen LogP contribution >= 0.6 is 23.1 Å². The van der Waals surface area contributed by atoms with Crippen LogP contribution in [0.1, 0.15) is 11.1 Å². The Kier molecular flexibility index (Phi) is 3.61. The lowest BCUT2D eigenvalue weighted by Crippen LogP contribution is -1.88. The molecular weight excluding hydrogens is 257 g/mol. The van der Waals surface area contributed by atoms with Gasteiger partial charge in [0.25, 0.3) is 0 Å². The number of hydrogen-bond acceptors (Lipinski definition) is 5. The summed E-state index contributed by atoms with van der Waals surface area (Å²) in [4.78, 5) is 3.92. The third kappa shape index (κ3) is 2.96. The molecule has 86 valence electrons. The molecule has 0 saturated heterocycles. The van der Waals surface area contributed by atoms with Crippen LogP contribution in [0.5, 0.6) is 0 Å². The number of nitriles is 1. The molecule has 6 heteroatoms. The summed E-state index contributed by atoms with van der Waals surface area (Å²) in [5.74, 6) is 0.146. The second-order valence-corrected chi connectivity index (χ2v) is 5.56. The number of thioether (sulfide) groups is 1. The molecular formula is C11H8FN3S2. The monoisotopic (exact) mass is 265 g/mol. The Hall–Kier alpha value is -1.58. The van der Waals surface area contributed by atoms with Crippen molar-refractivity contribution < 1.29 is 4.39 Å². The van der Waals surface area contributed by atoms with Crippen LogP contribution in [-0.4, -0.2) is 4.98 Å². The van der Waals surface area contributed by atoms with E-state index in [2.05, 4.69) is 4.98 Å². The van der Waals surface area contributed by atoms with Crippen LogP contribution < -0.4 is 5.73 Å². The van der Waals surface area contributed by atoms with Gasteiger partial charge in [-0.25, -0.2) is 9.37 Å². The summed E-state index contributed by atoms with van der Waals surface area (Å²) in [7, 11) is 0. The number of hydrogen-bond donors (Lipinski definition) is 1. The Labute approximate surface area is 106 Å². The molecule has 1 aromatic carbocycles. The minimum absolute atomic E-state index is 0.332. The van der Waals surface area contributed by atoms with E-state index >= 15 is 0 Å². The first-order chi connectivity index (χ1) is 8.19. The van der Waals surface area contributed by atoms with Gasteiger partial charge in [0, 0.05) is 5.75 Å². The molecule has 0 aliphatic carbocycles. The van der Waals surface area contributed by atoms with Gasteiger partial charge in [-0.1, -0.05) is 17.4 Å². The highest BCUT2D eigenvalue weighted by Crippen LogP contribution is 2.29. The highest BCUT2D eigenvalue weighted by molar-refractivity contribution is 8.00. The number of thiazole rings is 1. The standard InChI is InChI=1S/C11H8FN3S2/c12-9-3-7(4-13)1-2-8(9)6-16-10-5-15-11(14)17-10/h1-3,5H,6H2,(H2,14,15). The zero-order chi connectivity index (χ0) is 12.3.